The molecule has 0 N–H and O–H groups in total. The monoisotopic (exact) mass is 300 g/mol. The second-order valence-corrected chi connectivity index (χ2v) is 7.77. The quantitative estimate of drug-likeness (QED) is 0.800. The Morgan fingerprint density at radius 2 is 1.95 bits per heavy atom. The number of carbonyl (C=O) groups excluding carboxylic acids is 2. The molecule has 4 heteroatoms. The largest absolute Gasteiger partial charge is 0.341 e. The smallest absolute Gasteiger partial charge is 0.239 e. The fraction of sp³-hybridized carbons (Fsp3) is 0.556. The average Bonchev–Trinajstić information content (AvgIpc) is 2.97. The molecule has 0 unspecified atom stereocenters. The van der Waals surface area contributed by atoms with Crippen LogP contribution in [-0.4, -0.2) is 36.9 Å². The molecule has 1 spiro atoms. The number of carbonyl (C=O) groups is 2. The van der Waals surface area contributed by atoms with Crippen LogP contribution in [0.2, 0.25) is 0 Å². The Balaban J connectivity index is 1.88. The minimum atomic E-state index is -0.529. The Morgan fingerprint density at radius 3 is 2.64 bits per heavy atom. The summed E-state index contributed by atoms with van der Waals surface area (Å²) in [7, 11) is 1.83. The average molecular weight is 300 g/mol. The third-order valence-electron chi connectivity index (χ3n) is 4.80. The van der Waals surface area contributed by atoms with Crippen LogP contribution in [0.25, 0.3) is 0 Å². The lowest BCUT2D eigenvalue weighted by molar-refractivity contribution is -0.132. The lowest BCUT2D eigenvalue weighted by Gasteiger charge is -2.26. The third kappa shape index (κ3) is 2.21. The van der Waals surface area contributed by atoms with Crippen molar-refractivity contribution in [2.45, 2.75) is 39.0 Å². The minimum Gasteiger partial charge on any atom is -0.341 e. The fourth-order valence-corrected chi connectivity index (χ4v) is 3.70. The number of benzene rings is 1. The molecule has 0 aliphatic carbocycles. The highest BCUT2D eigenvalue weighted by atomic mass is 16.2. The van der Waals surface area contributed by atoms with Gasteiger partial charge in [0, 0.05) is 32.2 Å². The van der Waals surface area contributed by atoms with E-state index in [1.54, 1.807) is 4.90 Å². The molecule has 22 heavy (non-hydrogen) atoms. The number of likely N-dealkylation sites (tertiary alicyclic amines) is 1. The molecule has 2 aliphatic rings. The molecule has 0 bridgehead atoms. The van der Waals surface area contributed by atoms with Gasteiger partial charge in [-0.15, -0.1) is 0 Å². The van der Waals surface area contributed by atoms with Gasteiger partial charge in [0.25, 0.3) is 0 Å². The van der Waals surface area contributed by atoms with Crippen LogP contribution >= 0.6 is 0 Å². The Morgan fingerprint density at radius 1 is 1.27 bits per heavy atom. The van der Waals surface area contributed by atoms with Gasteiger partial charge in [0.2, 0.25) is 11.8 Å². The predicted octanol–water partition coefficient (Wildman–Crippen LogP) is 2.57. The van der Waals surface area contributed by atoms with Crippen molar-refractivity contribution in [1.29, 1.82) is 0 Å². The molecule has 1 aromatic carbocycles. The van der Waals surface area contributed by atoms with Gasteiger partial charge in [-0.3, -0.25) is 9.59 Å². The van der Waals surface area contributed by atoms with Crippen LogP contribution < -0.4 is 4.90 Å². The van der Waals surface area contributed by atoms with E-state index in [0.717, 1.165) is 17.7 Å². The van der Waals surface area contributed by atoms with Crippen LogP contribution in [0.15, 0.2) is 24.3 Å². The number of fused-ring (bicyclic) bond motifs is 2. The van der Waals surface area contributed by atoms with E-state index >= 15 is 0 Å². The normalized spacial score (nSPS) is 24.3. The molecule has 1 saturated heterocycles. The molecule has 3 rings (SSSR count). The van der Waals surface area contributed by atoms with E-state index in [9.17, 15) is 9.59 Å². The summed E-state index contributed by atoms with van der Waals surface area (Å²) in [4.78, 5) is 28.9. The highest BCUT2D eigenvalue weighted by Gasteiger charge is 2.54. The summed E-state index contributed by atoms with van der Waals surface area (Å²) in [6.07, 6.45) is 1.25. The number of hydrogen-bond donors (Lipinski definition) is 0. The van der Waals surface area contributed by atoms with Gasteiger partial charge in [-0.1, -0.05) is 39.0 Å². The summed E-state index contributed by atoms with van der Waals surface area (Å²) in [5.41, 5.74) is 1.51. The second-order valence-electron chi connectivity index (χ2n) is 7.77. The highest BCUT2D eigenvalue weighted by Crippen LogP contribution is 2.46. The standard InChI is InChI=1S/C18H24N2O2/c1-17(2,3)11-15(21)20-10-9-18(12-20)13-7-5-6-8-14(13)19(4)16(18)22/h5-8H,9-12H2,1-4H3/t18-/m0/s1. The molecule has 0 saturated carbocycles. The number of rotatable bonds is 1. The maximum Gasteiger partial charge on any atom is 0.239 e. The van der Waals surface area contributed by atoms with Crippen molar-refractivity contribution in [2.75, 3.05) is 25.0 Å². The molecule has 1 aromatic rings. The maximum absolute atomic E-state index is 12.8. The van der Waals surface area contributed by atoms with Crippen molar-refractivity contribution in [3.8, 4) is 0 Å². The number of likely N-dealkylation sites (N-methyl/N-ethyl adjacent to an activating group) is 1. The first-order valence-corrected chi connectivity index (χ1v) is 7.90. The number of para-hydroxylation sites is 1. The summed E-state index contributed by atoms with van der Waals surface area (Å²) >= 11 is 0. The molecule has 1 atom stereocenters. The number of amides is 2. The molecular weight excluding hydrogens is 276 g/mol. The minimum absolute atomic E-state index is 0.0266. The van der Waals surface area contributed by atoms with Gasteiger partial charge in [0.1, 0.15) is 0 Å². The van der Waals surface area contributed by atoms with E-state index < -0.39 is 5.41 Å². The van der Waals surface area contributed by atoms with Crippen LogP contribution in [0.3, 0.4) is 0 Å². The molecule has 4 nitrogen and oxygen atoms in total. The molecule has 118 valence electrons. The van der Waals surface area contributed by atoms with Gasteiger partial charge >= 0.3 is 0 Å². The topological polar surface area (TPSA) is 40.6 Å². The van der Waals surface area contributed by atoms with Crippen LogP contribution in [0.1, 0.15) is 39.2 Å². The van der Waals surface area contributed by atoms with Crippen molar-refractivity contribution in [2.24, 2.45) is 5.41 Å². The van der Waals surface area contributed by atoms with E-state index in [2.05, 4.69) is 20.8 Å². The van der Waals surface area contributed by atoms with Crippen molar-refractivity contribution in [1.82, 2.24) is 4.90 Å². The zero-order valence-corrected chi connectivity index (χ0v) is 13.8. The summed E-state index contributed by atoms with van der Waals surface area (Å²) in [5, 5.41) is 0. The molecule has 2 amide bonds. The first-order chi connectivity index (χ1) is 10.2. The van der Waals surface area contributed by atoms with Crippen molar-refractivity contribution in [3.05, 3.63) is 29.8 Å². The Hall–Kier alpha value is -1.84. The van der Waals surface area contributed by atoms with Gasteiger partial charge in [0.15, 0.2) is 0 Å². The van der Waals surface area contributed by atoms with Gasteiger partial charge in [-0.25, -0.2) is 0 Å². The van der Waals surface area contributed by atoms with E-state index in [1.165, 1.54) is 0 Å². The Labute approximate surface area is 132 Å². The van der Waals surface area contributed by atoms with Crippen LogP contribution in [0.4, 0.5) is 5.69 Å². The number of nitrogens with zero attached hydrogens (tertiary/aromatic N) is 2. The van der Waals surface area contributed by atoms with Crippen molar-refractivity contribution in [3.63, 3.8) is 0 Å². The van der Waals surface area contributed by atoms with Crippen LogP contribution in [0, 0.1) is 5.41 Å². The molecule has 0 aromatic heterocycles. The zero-order chi connectivity index (χ0) is 16.1. The van der Waals surface area contributed by atoms with Gasteiger partial charge < -0.3 is 9.80 Å². The predicted molar refractivity (Wildman–Crippen MR) is 86.8 cm³/mol. The van der Waals surface area contributed by atoms with Crippen LogP contribution in [-0.2, 0) is 15.0 Å². The van der Waals surface area contributed by atoms with Crippen molar-refractivity contribution < 1.29 is 9.59 Å². The Bertz CT molecular complexity index is 632. The summed E-state index contributed by atoms with van der Waals surface area (Å²) in [6, 6.07) is 7.96. The van der Waals surface area contributed by atoms with Gasteiger partial charge in [0.05, 0.1) is 5.41 Å². The zero-order valence-electron chi connectivity index (χ0n) is 13.8. The lowest BCUT2D eigenvalue weighted by atomic mass is 9.81. The third-order valence-corrected chi connectivity index (χ3v) is 4.80. The Kier molecular flexibility index (Phi) is 3.31. The maximum atomic E-state index is 12.8. The second kappa shape index (κ2) is 4.83. The van der Waals surface area contributed by atoms with E-state index in [0.29, 0.717) is 19.5 Å². The number of hydrogen-bond acceptors (Lipinski definition) is 2. The summed E-state index contributed by atoms with van der Waals surface area (Å²) in [5.74, 6) is 0.281. The van der Waals surface area contributed by atoms with Gasteiger partial charge in [-0.05, 0) is 23.5 Å². The van der Waals surface area contributed by atoms with Gasteiger partial charge in [-0.2, -0.15) is 0 Å². The van der Waals surface area contributed by atoms with E-state index in [-0.39, 0.29) is 17.2 Å². The molecule has 2 aliphatic heterocycles. The highest BCUT2D eigenvalue weighted by molar-refractivity contribution is 6.08. The molecule has 2 heterocycles. The fourth-order valence-electron chi connectivity index (χ4n) is 3.70. The number of anilines is 1. The molecular formula is C18H24N2O2. The van der Waals surface area contributed by atoms with Crippen LogP contribution in [0.5, 0.6) is 0 Å². The lowest BCUT2D eigenvalue weighted by Crippen LogP contribution is -2.42. The van der Waals surface area contributed by atoms with E-state index in [1.807, 2.05) is 36.2 Å². The first kappa shape index (κ1) is 15.1. The van der Waals surface area contributed by atoms with E-state index in [4.69, 9.17) is 0 Å². The molecule has 0 radical (unpaired) electrons. The SMILES string of the molecule is CN1C(=O)[C@]2(CCN(C(=O)CC(C)(C)C)C2)c2ccccc21. The summed E-state index contributed by atoms with van der Waals surface area (Å²) < 4.78 is 0. The molecule has 1 fully saturated rings. The van der Waals surface area contributed by atoms with Crippen molar-refractivity contribution >= 4 is 17.5 Å². The first-order valence-electron chi connectivity index (χ1n) is 7.90. The summed E-state index contributed by atoms with van der Waals surface area (Å²) in [6.45, 7) is 7.40.